The first-order chi connectivity index (χ1) is 8.50. The lowest BCUT2D eigenvalue weighted by Gasteiger charge is -2.23. The van der Waals surface area contributed by atoms with Crippen LogP contribution in [0.1, 0.15) is 32.6 Å². The molecule has 0 saturated carbocycles. The second-order valence-corrected chi connectivity index (χ2v) is 7.05. The summed E-state index contributed by atoms with van der Waals surface area (Å²) in [5.74, 6) is 0.117. The predicted molar refractivity (Wildman–Crippen MR) is 67.0 cm³/mol. The quantitative estimate of drug-likeness (QED) is 0.798. The number of carbonyl (C=O) groups excluding carboxylic acids is 1. The molecule has 1 N–H and O–H groups in total. The molecule has 102 valence electrons. The average Bonchev–Trinajstić information content (AvgIpc) is 2.80. The van der Waals surface area contributed by atoms with E-state index in [2.05, 4.69) is 10.5 Å². The fourth-order valence-corrected chi connectivity index (χ4v) is 3.60. The summed E-state index contributed by atoms with van der Waals surface area (Å²) in [6, 6.07) is -0.0599. The van der Waals surface area contributed by atoms with Crippen molar-refractivity contribution in [2.75, 3.05) is 11.5 Å². The predicted octanol–water partition coefficient (Wildman–Crippen LogP) is 0.235. The van der Waals surface area contributed by atoms with Gasteiger partial charge in [-0.15, -0.1) is 0 Å². The number of nitrogens with zero attached hydrogens (tertiary/aromatic N) is 1. The molecule has 1 fully saturated rings. The molecule has 0 aromatic rings. The summed E-state index contributed by atoms with van der Waals surface area (Å²) in [5, 5.41) is 6.67. The number of oxime groups is 1. The number of hydrogen-bond acceptors (Lipinski definition) is 5. The van der Waals surface area contributed by atoms with Crippen molar-refractivity contribution >= 4 is 21.5 Å². The summed E-state index contributed by atoms with van der Waals surface area (Å²) in [7, 11) is -2.89. The van der Waals surface area contributed by atoms with Gasteiger partial charge in [-0.25, -0.2) is 8.42 Å². The number of amides is 1. The molecule has 1 atom stereocenters. The lowest BCUT2D eigenvalue weighted by atomic mass is 10.1. The van der Waals surface area contributed by atoms with E-state index in [9.17, 15) is 13.2 Å². The Kier molecular flexibility index (Phi) is 3.89. The summed E-state index contributed by atoms with van der Waals surface area (Å²) in [6.07, 6.45) is 1.75. The summed E-state index contributed by atoms with van der Waals surface area (Å²) in [5.41, 5.74) is 0.890. The highest BCUT2D eigenvalue weighted by atomic mass is 32.2. The molecule has 2 aliphatic rings. The average molecular weight is 274 g/mol. The van der Waals surface area contributed by atoms with E-state index in [1.54, 1.807) is 0 Å². The number of rotatable bonds is 3. The van der Waals surface area contributed by atoms with Crippen LogP contribution in [0, 0.1) is 0 Å². The van der Waals surface area contributed by atoms with Gasteiger partial charge < -0.3 is 10.2 Å². The lowest BCUT2D eigenvalue weighted by Crippen LogP contribution is -2.45. The molecule has 0 aromatic carbocycles. The van der Waals surface area contributed by atoms with Crippen LogP contribution in [0.5, 0.6) is 0 Å². The Balaban J connectivity index is 1.79. The molecule has 2 aliphatic heterocycles. The number of nitrogens with one attached hydrogen (secondary N) is 1. The maximum Gasteiger partial charge on any atom is 0.264 e. The van der Waals surface area contributed by atoms with E-state index in [-0.39, 0.29) is 23.5 Å². The fraction of sp³-hybridized carbons (Fsp3) is 0.818. The van der Waals surface area contributed by atoms with E-state index < -0.39 is 15.9 Å². The molecule has 0 aromatic heterocycles. The molecule has 0 unspecified atom stereocenters. The van der Waals surface area contributed by atoms with Crippen LogP contribution in [-0.4, -0.2) is 43.7 Å². The van der Waals surface area contributed by atoms with E-state index in [4.69, 9.17) is 4.84 Å². The van der Waals surface area contributed by atoms with Gasteiger partial charge in [-0.2, -0.15) is 0 Å². The van der Waals surface area contributed by atoms with Gasteiger partial charge in [-0.1, -0.05) is 12.1 Å². The van der Waals surface area contributed by atoms with Gasteiger partial charge >= 0.3 is 0 Å². The maximum absolute atomic E-state index is 11.9. The van der Waals surface area contributed by atoms with Crippen LogP contribution < -0.4 is 5.32 Å². The van der Waals surface area contributed by atoms with Crippen LogP contribution in [0.2, 0.25) is 0 Å². The van der Waals surface area contributed by atoms with E-state index in [0.29, 0.717) is 19.3 Å². The summed E-state index contributed by atoms with van der Waals surface area (Å²) >= 11 is 0. The van der Waals surface area contributed by atoms with Gasteiger partial charge in [0.05, 0.1) is 17.2 Å². The Labute approximate surface area is 107 Å². The van der Waals surface area contributed by atoms with Crippen molar-refractivity contribution < 1.29 is 18.0 Å². The van der Waals surface area contributed by atoms with Gasteiger partial charge in [0.1, 0.15) is 9.84 Å². The molecular weight excluding hydrogens is 256 g/mol. The van der Waals surface area contributed by atoms with Crippen molar-refractivity contribution in [3.05, 3.63) is 0 Å². The molecule has 18 heavy (non-hydrogen) atoms. The monoisotopic (exact) mass is 274 g/mol. The van der Waals surface area contributed by atoms with Gasteiger partial charge in [0.25, 0.3) is 5.91 Å². The number of carbonyl (C=O) groups is 1. The van der Waals surface area contributed by atoms with Crippen molar-refractivity contribution in [2.45, 2.75) is 44.8 Å². The van der Waals surface area contributed by atoms with E-state index in [1.165, 1.54) is 0 Å². The minimum atomic E-state index is -2.89. The van der Waals surface area contributed by atoms with E-state index in [0.717, 1.165) is 12.1 Å². The maximum atomic E-state index is 11.9. The molecule has 0 aliphatic carbocycles. The topological polar surface area (TPSA) is 84.8 Å². The standard InChI is InChI=1S/C11H18N2O4S/c1-2-8-7-10(17-13-8)11(14)12-9-3-5-18(15,16)6-4-9/h9-10H,2-7H2,1H3,(H,12,14)/t10-/m0/s1. The van der Waals surface area contributed by atoms with Gasteiger partial charge in [-0.05, 0) is 19.3 Å². The molecule has 6 nitrogen and oxygen atoms in total. The Morgan fingerprint density at radius 3 is 2.67 bits per heavy atom. The molecule has 7 heteroatoms. The van der Waals surface area contributed by atoms with Gasteiger partial charge in [0.15, 0.2) is 0 Å². The van der Waals surface area contributed by atoms with Crippen LogP contribution in [-0.2, 0) is 19.5 Å². The molecular formula is C11H18N2O4S. The first-order valence-corrected chi connectivity index (χ1v) is 8.04. The van der Waals surface area contributed by atoms with Crippen LogP contribution in [0.4, 0.5) is 0 Å². The third-order valence-corrected chi connectivity index (χ3v) is 5.05. The molecule has 0 radical (unpaired) electrons. The zero-order valence-corrected chi connectivity index (χ0v) is 11.2. The third kappa shape index (κ3) is 3.22. The highest BCUT2D eigenvalue weighted by Gasteiger charge is 2.31. The molecule has 0 bridgehead atoms. The molecule has 1 amide bonds. The molecule has 2 rings (SSSR count). The second-order valence-electron chi connectivity index (χ2n) is 4.74. The van der Waals surface area contributed by atoms with Crippen molar-refractivity contribution in [2.24, 2.45) is 5.16 Å². The summed E-state index contributed by atoms with van der Waals surface area (Å²) < 4.78 is 22.5. The Hall–Kier alpha value is -1.11. The van der Waals surface area contributed by atoms with Crippen molar-refractivity contribution in [3.8, 4) is 0 Å². The van der Waals surface area contributed by atoms with Gasteiger partial charge in [0.2, 0.25) is 6.10 Å². The van der Waals surface area contributed by atoms with Crippen LogP contribution >= 0.6 is 0 Å². The van der Waals surface area contributed by atoms with Crippen molar-refractivity contribution in [3.63, 3.8) is 0 Å². The smallest absolute Gasteiger partial charge is 0.264 e. The van der Waals surface area contributed by atoms with Crippen molar-refractivity contribution in [1.82, 2.24) is 5.32 Å². The largest absolute Gasteiger partial charge is 0.382 e. The first-order valence-electron chi connectivity index (χ1n) is 6.22. The molecule has 0 spiro atoms. The molecule has 2 heterocycles. The highest BCUT2D eigenvalue weighted by Crippen LogP contribution is 2.16. The highest BCUT2D eigenvalue weighted by molar-refractivity contribution is 7.91. The van der Waals surface area contributed by atoms with Crippen molar-refractivity contribution in [1.29, 1.82) is 0 Å². The minimum Gasteiger partial charge on any atom is -0.382 e. The minimum absolute atomic E-state index is 0.0599. The zero-order chi connectivity index (χ0) is 13.2. The van der Waals surface area contributed by atoms with Gasteiger partial charge in [-0.3, -0.25) is 4.79 Å². The lowest BCUT2D eigenvalue weighted by molar-refractivity contribution is -0.132. The Bertz CT molecular complexity index is 444. The summed E-state index contributed by atoms with van der Waals surface area (Å²) in [4.78, 5) is 16.9. The second kappa shape index (κ2) is 5.26. The molecule has 1 saturated heterocycles. The Morgan fingerprint density at radius 1 is 1.44 bits per heavy atom. The Morgan fingerprint density at radius 2 is 2.11 bits per heavy atom. The fourth-order valence-electron chi connectivity index (χ4n) is 2.10. The van der Waals surface area contributed by atoms with Crippen LogP contribution in [0.25, 0.3) is 0 Å². The summed E-state index contributed by atoms with van der Waals surface area (Å²) in [6.45, 7) is 1.97. The van der Waals surface area contributed by atoms with E-state index in [1.807, 2.05) is 6.92 Å². The first kappa shape index (κ1) is 13.3. The number of sulfone groups is 1. The normalized spacial score (nSPS) is 27.4. The zero-order valence-electron chi connectivity index (χ0n) is 10.4. The van der Waals surface area contributed by atoms with Crippen LogP contribution in [0.15, 0.2) is 5.16 Å². The van der Waals surface area contributed by atoms with Crippen LogP contribution in [0.3, 0.4) is 0 Å². The van der Waals surface area contributed by atoms with Gasteiger partial charge in [0, 0.05) is 12.5 Å². The number of hydrogen-bond donors (Lipinski definition) is 1. The SMILES string of the molecule is CCC1=NO[C@H](C(=O)NC2CCS(=O)(=O)CC2)C1. The third-order valence-electron chi connectivity index (χ3n) is 3.33. The van der Waals surface area contributed by atoms with E-state index >= 15 is 0 Å².